The van der Waals surface area contributed by atoms with Crippen LogP contribution in [-0.2, 0) is 0 Å². The third-order valence-corrected chi connectivity index (χ3v) is 2.47. The summed E-state index contributed by atoms with van der Waals surface area (Å²) in [5, 5.41) is 2.86. The van der Waals surface area contributed by atoms with Crippen molar-refractivity contribution >= 4 is 17.8 Å². The average Bonchev–Trinajstić information content (AvgIpc) is 2.81. The van der Waals surface area contributed by atoms with Gasteiger partial charge in [-0.1, -0.05) is 18.2 Å². The molecule has 0 atom stereocenters. The number of hydrogen-bond donors (Lipinski definition) is 2. The van der Waals surface area contributed by atoms with Crippen molar-refractivity contribution in [1.82, 2.24) is 15.0 Å². The van der Waals surface area contributed by atoms with Gasteiger partial charge in [0.25, 0.3) is 0 Å². The molecule has 0 saturated heterocycles. The SMILES string of the molecule is CNc1nc(N)nc(N(C)CC2=CCC=C2)n1. The molecule has 3 N–H and O–H groups in total. The lowest BCUT2D eigenvalue weighted by molar-refractivity contribution is 0.909. The largest absolute Gasteiger partial charge is 0.368 e. The number of nitrogens with two attached hydrogens (primary N) is 1. The van der Waals surface area contributed by atoms with Crippen molar-refractivity contribution in [1.29, 1.82) is 0 Å². The predicted molar refractivity (Wildman–Crippen MR) is 68.9 cm³/mol. The molecule has 1 aliphatic rings. The van der Waals surface area contributed by atoms with Gasteiger partial charge in [0.15, 0.2) is 0 Å². The molecule has 0 spiro atoms. The van der Waals surface area contributed by atoms with Gasteiger partial charge in [0.2, 0.25) is 17.8 Å². The second-order valence-corrected chi connectivity index (χ2v) is 3.84. The lowest BCUT2D eigenvalue weighted by Gasteiger charge is -2.17. The highest BCUT2D eigenvalue weighted by Crippen LogP contribution is 2.14. The van der Waals surface area contributed by atoms with Crippen molar-refractivity contribution in [2.24, 2.45) is 0 Å². The van der Waals surface area contributed by atoms with Gasteiger partial charge in [0.05, 0.1) is 0 Å². The summed E-state index contributed by atoms with van der Waals surface area (Å²) in [4.78, 5) is 14.3. The van der Waals surface area contributed by atoms with Gasteiger partial charge < -0.3 is 16.0 Å². The zero-order valence-corrected chi connectivity index (χ0v) is 10.0. The number of nitrogens with zero attached hydrogens (tertiary/aromatic N) is 4. The fourth-order valence-corrected chi connectivity index (χ4v) is 1.63. The molecule has 0 radical (unpaired) electrons. The first kappa shape index (κ1) is 11.4. The molecule has 90 valence electrons. The van der Waals surface area contributed by atoms with Gasteiger partial charge in [-0.2, -0.15) is 15.0 Å². The topological polar surface area (TPSA) is 80.0 Å². The van der Waals surface area contributed by atoms with Crippen LogP contribution in [0.25, 0.3) is 0 Å². The van der Waals surface area contributed by atoms with E-state index in [0.29, 0.717) is 11.9 Å². The quantitative estimate of drug-likeness (QED) is 0.800. The normalized spacial score (nSPS) is 13.6. The van der Waals surface area contributed by atoms with Crippen LogP contribution >= 0.6 is 0 Å². The molecular formula is C11H16N6. The molecule has 17 heavy (non-hydrogen) atoms. The maximum Gasteiger partial charge on any atom is 0.231 e. The summed E-state index contributed by atoms with van der Waals surface area (Å²) in [5.74, 6) is 1.28. The molecule has 0 unspecified atom stereocenters. The highest BCUT2D eigenvalue weighted by molar-refractivity contribution is 5.43. The molecule has 1 aromatic rings. The summed E-state index contributed by atoms with van der Waals surface area (Å²) in [6, 6.07) is 0. The smallest absolute Gasteiger partial charge is 0.231 e. The predicted octanol–water partition coefficient (Wildman–Crippen LogP) is 0.818. The van der Waals surface area contributed by atoms with Gasteiger partial charge in [0, 0.05) is 20.6 Å². The second-order valence-electron chi connectivity index (χ2n) is 3.84. The minimum absolute atomic E-state index is 0.224. The Labute approximate surface area is 100 Å². The number of nitrogens with one attached hydrogen (secondary N) is 1. The van der Waals surface area contributed by atoms with Gasteiger partial charge in [-0.25, -0.2) is 0 Å². The van der Waals surface area contributed by atoms with Crippen LogP contribution in [0.15, 0.2) is 23.8 Å². The van der Waals surface area contributed by atoms with Gasteiger partial charge >= 0.3 is 0 Å². The first-order valence-corrected chi connectivity index (χ1v) is 5.45. The van der Waals surface area contributed by atoms with Crippen molar-refractivity contribution in [3.05, 3.63) is 23.8 Å². The lowest BCUT2D eigenvalue weighted by atomic mass is 10.3. The van der Waals surface area contributed by atoms with Crippen molar-refractivity contribution in [3.63, 3.8) is 0 Å². The first-order valence-electron chi connectivity index (χ1n) is 5.45. The summed E-state index contributed by atoms with van der Waals surface area (Å²) in [7, 11) is 3.68. The van der Waals surface area contributed by atoms with E-state index < -0.39 is 0 Å². The third-order valence-electron chi connectivity index (χ3n) is 2.47. The second kappa shape index (κ2) is 4.82. The van der Waals surface area contributed by atoms with Crippen LogP contribution in [-0.4, -0.2) is 35.6 Å². The molecule has 6 nitrogen and oxygen atoms in total. The van der Waals surface area contributed by atoms with E-state index in [1.165, 1.54) is 5.57 Å². The van der Waals surface area contributed by atoms with Gasteiger partial charge in [-0.3, -0.25) is 0 Å². The summed E-state index contributed by atoms with van der Waals surface area (Å²) in [6.45, 7) is 0.767. The molecule has 0 saturated carbocycles. The number of allylic oxidation sites excluding steroid dienone is 2. The first-order chi connectivity index (χ1) is 8.19. The monoisotopic (exact) mass is 232 g/mol. The van der Waals surface area contributed by atoms with Crippen LogP contribution in [0.3, 0.4) is 0 Å². The van der Waals surface area contributed by atoms with E-state index in [4.69, 9.17) is 5.73 Å². The van der Waals surface area contributed by atoms with Crippen LogP contribution in [0.5, 0.6) is 0 Å². The molecule has 2 rings (SSSR count). The third kappa shape index (κ3) is 2.72. The van der Waals surface area contributed by atoms with Crippen molar-refractivity contribution < 1.29 is 0 Å². The molecule has 1 aliphatic carbocycles. The van der Waals surface area contributed by atoms with Crippen LogP contribution in [0.4, 0.5) is 17.8 Å². The van der Waals surface area contributed by atoms with Crippen molar-refractivity contribution in [2.75, 3.05) is 36.6 Å². The molecule has 0 amide bonds. The van der Waals surface area contributed by atoms with E-state index in [-0.39, 0.29) is 5.95 Å². The number of rotatable bonds is 4. The van der Waals surface area contributed by atoms with Gasteiger partial charge in [0.1, 0.15) is 0 Å². The maximum atomic E-state index is 5.62. The molecule has 0 aromatic carbocycles. The van der Waals surface area contributed by atoms with E-state index in [1.807, 2.05) is 11.9 Å². The molecule has 0 aliphatic heterocycles. The van der Waals surface area contributed by atoms with Gasteiger partial charge in [-0.15, -0.1) is 0 Å². The van der Waals surface area contributed by atoms with Crippen LogP contribution in [0.1, 0.15) is 6.42 Å². The fourth-order valence-electron chi connectivity index (χ4n) is 1.63. The van der Waals surface area contributed by atoms with E-state index in [9.17, 15) is 0 Å². The standard InChI is InChI=1S/C11H16N6/c1-13-10-14-9(12)15-11(16-10)17(2)7-8-5-3-4-6-8/h3,5-6H,4,7H2,1-2H3,(H3,12,13,14,15,16). The molecule has 0 bridgehead atoms. The molecule has 0 fully saturated rings. The summed E-state index contributed by atoms with van der Waals surface area (Å²) in [5.41, 5.74) is 6.89. The number of anilines is 3. The Hall–Kier alpha value is -2.11. The van der Waals surface area contributed by atoms with Crippen molar-refractivity contribution in [2.45, 2.75) is 6.42 Å². The highest BCUT2D eigenvalue weighted by Gasteiger charge is 2.10. The van der Waals surface area contributed by atoms with E-state index in [2.05, 4.69) is 38.5 Å². The van der Waals surface area contributed by atoms with Crippen LogP contribution in [0.2, 0.25) is 0 Å². The molecule has 6 heteroatoms. The van der Waals surface area contributed by atoms with Crippen molar-refractivity contribution in [3.8, 4) is 0 Å². The van der Waals surface area contributed by atoms with E-state index in [0.717, 1.165) is 13.0 Å². The summed E-state index contributed by atoms with van der Waals surface area (Å²) >= 11 is 0. The van der Waals surface area contributed by atoms with E-state index >= 15 is 0 Å². The minimum atomic E-state index is 0.224. The fraction of sp³-hybridized carbons (Fsp3) is 0.364. The summed E-state index contributed by atoms with van der Waals surface area (Å²) in [6.07, 6.45) is 7.42. The molecular weight excluding hydrogens is 216 g/mol. The minimum Gasteiger partial charge on any atom is -0.368 e. The zero-order valence-electron chi connectivity index (χ0n) is 10.0. The Kier molecular flexibility index (Phi) is 3.22. The number of likely N-dealkylation sites (N-methyl/N-ethyl adjacent to an activating group) is 1. The molecule has 1 aromatic heterocycles. The zero-order chi connectivity index (χ0) is 12.3. The Balaban J connectivity index is 2.15. The Morgan fingerprint density at radius 3 is 2.88 bits per heavy atom. The number of nitrogen functional groups attached to an aromatic ring is 1. The Morgan fingerprint density at radius 2 is 2.24 bits per heavy atom. The Morgan fingerprint density at radius 1 is 1.41 bits per heavy atom. The van der Waals surface area contributed by atoms with E-state index in [1.54, 1.807) is 7.05 Å². The average molecular weight is 232 g/mol. The maximum absolute atomic E-state index is 5.62. The van der Waals surface area contributed by atoms with Gasteiger partial charge in [-0.05, 0) is 12.0 Å². The summed E-state index contributed by atoms with van der Waals surface area (Å²) < 4.78 is 0. The number of aromatic nitrogens is 3. The molecule has 1 heterocycles. The number of hydrogen-bond acceptors (Lipinski definition) is 6. The lowest BCUT2D eigenvalue weighted by Crippen LogP contribution is -2.23. The van der Waals surface area contributed by atoms with Crippen LogP contribution in [0, 0.1) is 0 Å². The van der Waals surface area contributed by atoms with Crippen LogP contribution < -0.4 is 16.0 Å². The highest BCUT2D eigenvalue weighted by atomic mass is 15.3. The Bertz CT molecular complexity index is 465.